The van der Waals surface area contributed by atoms with Crippen molar-refractivity contribution >= 4 is 23.2 Å². The second-order valence-electron chi connectivity index (χ2n) is 10.0. The van der Waals surface area contributed by atoms with Gasteiger partial charge in [0, 0.05) is 19.7 Å². The summed E-state index contributed by atoms with van der Waals surface area (Å²) >= 11 is 1.63. The first-order valence-corrected chi connectivity index (χ1v) is 13.6. The van der Waals surface area contributed by atoms with Crippen molar-refractivity contribution in [2.24, 2.45) is 5.92 Å². The van der Waals surface area contributed by atoms with Crippen molar-refractivity contribution in [3.05, 3.63) is 58.6 Å². The summed E-state index contributed by atoms with van der Waals surface area (Å²) < 4.78 is 5.47. The van der Waals surface area contributed by atoms with E-state index in [9.17, 15) is 9.59 Å². The van der Waals surface area contributed by atoms with E-state index in [4.69, 9.17) is 4.52 Å². The molecule has 3 aromatic rings. The summed E-state index contributed by atoms with van der Waals surface area (Å²) in [6, 6.07) is 9.72. The van der Waals surface area contributed by atoms with Gasteiger partial charge in [-0.25, -0.2) is 4.98 Å². The fraction of sp³-hybridized carbons (Fsp3) is 0.500. The number of aryl methyl sites for hydroxylation is 2. The molecule has 0 saturated carbocycles. The number of likely N-dealkylation sites (tertiary alicyclic amines) is 1. The lowest BCUT2D eigenvalue weighted by molar-refractivity contribution is -0.146. The number of carbonyl (C=O) groups excluding carboxylic acids is 2. The van der Waals surface area contributed by atoms with E-state index >= 15 is 0 Å². The maximum Gasteiger partial charge on any atom is 0.245 e. The van der Waals surface area contributed by atoms with Gasteiger partial charge >= 0.3 is 0 Å². The minimum absolute atomic E-state index is 0.00802. The van der Waals surface area contributed by atoms with Crippen LogP contribution in [0, 0.1) is 19.8 Å². The quantitative estimate of drug-likeness (QED) is 0.387. The molecule has 1 saturated heterocycles. The lowest BCUT2D eigenvalue weighted by atomic mass is 9.91. The average molecular weight is 509 g/mol. The van der Waals surface area contributed by atoms with Gasteiger partial charge in [0.25, 0.3) is 0 Å². The van der Waals surface area contributed by atoms with Gasteiger partial charge < -0.3 is 14.3 Å². The zero-order chi connectivity index (χ0) is 26.0. The first-order chi connectivity index (χ1) is 17.2. The minimum Gasteiger partial charge on any atom is -0.360 e. The first-order valence-electron chi connectivity index (χ1n) is 12.7. The third-order valence-corrected chi connectivity index (χ3v) is 8.19. The van der Waals surface area contributed by atoms with E-state index in [-0.39, 0.29) is 23.8 Å². The molecule has 0 radical (unpaired) electrons. The highest BCUT2D eigenvalue weighted by Crippen LogP contribution is 2.34. The normalized spacial score (nSPS) is 17.4. The molecule has 2 amide bonds. The lowest BCUT2D eigenvalue weighted by Crippen LogP contribution is -2.49. The number of rotatable bonds is 8. The second kappa shape index (κ2) is 10.9. The molecule has 3 atom stereocenters. The summed E-state index contributed by atoms with van der Waals surface area (Å²) in [5, 5.41) is 3.98. The number of carbonyl (C=O) groups is 2. The molecule has 1 aliphatic heterocycles. The van der Waals surface area contributed by atoms with Crippen LogP contribution in [0.15, 0.2) is 40.4 Å². The van der Waals surface area contributed by atoms with Gasteiger partial charge in [0.15, 0.2) is 0 Å². The highest BCUT2D eigenvalue weighted by Gasteiger charge is 2.41. The van der Waals surface area contributed by atoms with Crippen molar-refractivity contribution in [1.29, 1.82) is 0 Å². The van der Waals surface area contributed by atoms with Crippen LogP contribution in [0.4, 0.5) is 0 Å². The molecule has 192 valence electrons. The van der Waals surface area contributed by atoms with Crippen LogP contribution < -0.4 is 0 Å². The highest BCUT2D eigenvalue weighted by atomic mass is 32.1. The van der Waals surface area contributed by atoms with Gasteiger partial charge in [-0.3, -0.25) is 9.59 Å². The number of likely N-dealkylation sites (N-methyl/N-ethyl adjacent to an activating group) is 1. The van der Waals surface area contributed by atoms with E-state index in [1.807, 2.05) is 51.2 Å². The Balaban J connectivity index is 1.52. The number of nitrogens with zero attached hydrogens (tertiary/aromatic N) is 4. The molecule has 0 spiro atoms. The van der Waals surface area contributed by atoms with E-state index in [0.717, 1.165) is 35.4 Å². The second-order valence-corrected chi connectivity index (χ2v) is 10.9. The number of thiazole rings is 1. The largest absolute Gasteiger partial charge is 0.360 e. The third-order valence-electron chi connectivity index (χ3n) is 7.21. The van der Waals surface area contributed by atoms with Crippen molar-refractivity contribution in [1.82, 2.24) is 19.9 Å². The molecule has 4 rings (SSSR count). The summed E-state index contributed by atoms with van der Waals surface area (Å²) in [5.41, 5.74) is 5.87. The summed E-state index contributed by atoms with van der Waals surface area (Å²) in [7, 11) is 1.86. The number of hydrogen-bond donors (Lipinski definition) is 0. The Labute approximate surface area is 217 Å². The van der Waals surface area contributed by atoms with Crippen LogP contribution in [0.3, 0.4) is 0 Å². The predicted octanol–water partition coefficient (Wildman–Crippen LogP) is 5.76. The molecule has 0 aliphatic carbocycles. The molecular weight excluding hydrogens is 472 g/mol. The van der Waals surface area contributed by atoms with Gasteiger partial charge in [-0.2, -0.15) is 0 Å². The molecule has 1 fully saturated rings. The standard InChI is InChI=1S/C28H36N4O3S/c1-7-22(20-10-12-21(13-11-20)26-19(5)29-16-36-26)31(6)27(33)23-9-8-14-32(23)28(34)25(17(2)3)24-15-18(4)30-35-24/h10-13,15-17,22-23,25H,7-9,14H2,1-6H3/t22-,23-,25?/m0/s1. The fourth-order valence-corrected chi connectivity index (χ4v) is 6.10. The van der Waals surface area contributed by atoms with Crippen molar-refractivity contribution in [2.75, 3.05) is 13.6 Å². The van der Waals surface area contributed by atoms with Crippen molar-refractivity contribution < 1.29 is 14.1 Å². The van der Waals surface area contributed by atoms with E-state index < -0.39 is 12.0 Å². The Morgan fingerprint density at radius 2 is 1.94 bits per heavy atom. The molecule has 1 aliphatic rings. The van der Waals surface area contributed by atoms with Gasteiger partial charge in [0.2, 0.25) is 11.8 Å². The van der Waals surface area contributed by atoms with E-state index in [1.54, 1.807) is 16.2 Å². The minimum atomic E-state index is -0.457. The van der Waals surface area contributed by atoms with Crippen LogP contribution in [0.5, 0.6) is 0 Å². The smallest absolute Gasteiger partial charge is 0.245 e. The SMILES string of the molecule is CC[C@@H](c1ccc(-c2scnc2C)cc1)N(C)C(=O)[C@@H]1CCCN1C(=O)C(c1cc(C)no1)C(C)C. The number of benzene rings is 1. The summed E-state index contributed by atoms with van der Waals surface area (Å²) in [4.78, 5) is 36.6. The van der Waals surface area contributed by atoms with Crippen LogP contribution in [-0.4, -0.2) is 51.4 Å². The summed E-state index contributed by atoms with van der Waals surface area (Å²) in [6.45, 7) is 10.5. The monoisotopic (exact) mass is 508 g/mol. The molecule has 0 N–H and O–H groups in total. The van der Waals surface area contributed by atoms with Crippen LogP contribution in [0.25, 0.3) is 10.4 Å². The van der Waals surface area contributed by atoms with Crippen molar-refractivity contribution in [3.8, 4) is 10.4 Å². The third kappa shape index (κ3) is 5.09. The molecule has 7 nitrogen and oxygen atoms in total. The van der Waals surface area contributed by atoms with Gasteiger partial charge in [0.05, 0.1) is 27.8 Å². The van der Waals surface area contributed by atoms with E-state index in [2.05, 4.69) is 41.3 Å². The van der Waals surface area contributed by atoms with E-state index in [0.29, 0.717) is 18.7 Å². The highest BCUT2D eigenvalue weighted by molar-refractivity contribution is 7.13. The maximum absolute atomic E-state index is 13.8. The van der Waals surface area contributed by atoms with Crippen molar-refractivity contribution in [3.63, 3.8) is 0 Å². The number of amides is 2. The van der Waals surface area contributed by atoms with Gasteiger partial charge in [0.1, 0.15) is 17.7 Å². The molecule has 3 heterocycles. The zero-order valence-electron chi connectivity index (χ0n) is 22.0. The molecule has 1 aromatic carbocycles. The molecule has 0 bridgehead atoms. The van der Waals surface area contributed by atoms with Crippen LogP contribution in [-0.2, 0) is 9.59 Å². The number of aromatic nitrogens is 2. The van der Waals surface area contributed by atoms with Gasteiger partial charge in [-0.05, 0) is 50.2 Å². The van der Waals surface area contributed by atoms with Crippen LogP contribution in [0.1, 0.15) is 74.7 Å². The van der Waals surface area contributed by atoms with Gasteiger partial charge in [-0.1, -0.05) is 50.2 Å². The van der Waals surface area contributed by atoms with Crippen LogP contribution in [0.2, 0.25) is 0 Å². The van der Waals surface area contributed by atoms with Gasteiger partial charge in [-0.15, -0.1) is 11.3 Å². The Hall–Kier alpha value is -3.00. The predicted molar refractivity (Wildman–Crippen MR) is 142 cm³/mol. The maximum atomic E-state index is 13.8. The summed E-state index contributed by atoms with van der Waals surface area (Å²) in [6.07, 6.45) is 2.28. The fourth-order valence-electron chi connectivity index (χ4n) is 5.29. The summed E-state index contributed by atoms with van der Waals surface area (Å²) in [5.74, 6) is 0.0911. The molecular formula is C28H36N4O3S. The Morgan fingerprint density at radius 1 is 1.22 bits per heavy atom. The lowest BCUT2D eigenvalue weighted by Gasteiger charge is -2.34. The molecule has 1 unspecified atom stereocenters. The van der Waals surface area contributed by atoms with Crippen LogP contribution >= 0.6 is 11.3 Å². The Bertz CT molecular complexity index is 1200. The molecule has 8 heteroatoms. The Kier molecular flexibility index (Phi) is 7.93. The molecule has 36 heavy (non-hydrogen) atoms. The zero-order valence-corrected chi connectivity index (χ0v) is 22.8. The first kappa shape index (κ1) is 26.1. The average Bonchev–Trinajstić information content (AvgIpc) is 3.61. The molecule has 2 aromatic heterocycles. The number of hydrogen-bond acceptors (Lipinski definition) is 6. The Morgan fingerprint density at radius 3 is 2.50 bits per heavy atom. The van der Waals surface area contributed by atoms with E-state index in [1.165, 1.54) is 4.88 Å². The topological polar surface area (TPSA) is 79.5 Å². The van der Waals surface area contributed by atoms with Crippen molar-refractivity contribution in [2.45, 2.75) is 71.9 Å².